The molecule has 2 aromatic rings. The fourth-order valence-electron chi connectivity index (χ4n) is 4.15. The number of rotatable bonds is 3. The SMILES string of the molecule is CC1=NC2=C(C(=O)CCC2)[C@@H](c2cccc(Cl)c2)C1C(=O)Nc1ccc(C)cn1. The maximum Gasteiger partial charge on any atom is 0.235 e. The van der Waals surface area contributed by atoms with Gasteiger partial charge in [0.25, 0.3) is 0 Å². The van der Waals surface area contributed by atoms with Crippen LogP contribution in [0, 0.1) is 12.8 Å². The minimum atomic E-state index is -0.600. The molecular weight excluding hydrogens is 386 g/mol. The van der Waals surface area contributed by atoms with Crippen LogP contribution in [0.15, 0.2) is 58.9 Å². The van der Waals surface area contributed by atoms with Crippen molar-refractivity contribution in [2.24, 2.45) is 10.9 Å². The molecule has 29 heavy (non-hydrogen) atoms. The molecule has 2 aliphatic rings. The number of nitrogens with one attached hydrogen (secondary N) is 1. The zero-order chi connectivity index (χ0) is 20.5. The predicted molar refractivity (Wildman–Crippen MR) is 114 cm³/mol. The van der Waals surface area contributed by atoms with Crippen LogP contribution in [0.2, 0.25) is 5.02 Å². The van der Waals surface area contributed by atoms with E-state index in [1.807, 2.05) is 38.1 Å². The summed E-state index contributed by atoms with van der Waals surface area (Å²) in [6, 6.07) is 11.1. The van der Waals surface area contributed by atoms with Crippen molar-refractivity contribution < 1.29 is 9.59 Å². The average Bonchev–Trinajstić information content (AvgIpc) is 2.69. The molecule has 1 aliphatic carbocycles. The van der Waals surface area contributed by atoms with Crippen LogP contribution in [-0.4, -0.2) is 22.4 Å². The Labute approximate surface area is 174 Å². The fourth-order valence-corrected chi connectivity index (χ4v) is 4.35. The van der Waals surface area contributed by atoms with Crippen molar-refractivity contribution >= 4 is 34.8 Å². The number of nitrogens with zero attached hydrogens (tertiary/aromatic N) is 2. The van der Waals surface area contributed by atoms with E-state index in [-0.39, 0.29) is 11.7 Å². The molecule has 1 aliphatic heterocycles. The lowest BCUT2D eigenvalue weighted by atomic mass is 9.71. The van der Waals surface area contributed by atoms with Crippen LogP contribution in [0.3, 0.4) is 0 Å². The maximum atomic E-state index is 13.3. The Bertz CT molecular complexity index is 1040. The summed E-state index contributed by atoms with van der Waals surface area (Å²) >= 11 is 6.24. The van der Waals surface area contributed by atoms with Crippen molar-refractivity contribution in [1.29, 1.82) is 0 Å². The van der Waals surface area contributed by atoms with Gasteiger partial charge in [-0.2, -0.15) is 0 Å². The molecule has 148 valence electrons. The number of Topliss-reactive ketones (excluding diaryl/α,β-unsaturated/α-hetero) is 1. The predicted octanol–water partition coefficient (Wildman–Crippen LogP) is 4.86. The first-order valence-electron chi connectivity index (χ1n) is 9.74. The Morgan fingerprint density at radius 3 is 2.72 bits per heavy atom. The van der Waals surface area contributed by atoms with Crippen LogP contribution < -0.4 is 5.32 Å². The van der Waals surface area contributed by atoms with E-state index < -0.39 is 11.8 Å². The molecule has 1 N–H and O–H groups in total. The number of aromatic nitrogens is 1. The van der Waals surface area contributed by atoms with E-state index in [1.165, 1.54) is 0 Å². The number of hydrogen-bond donors (Lipinski definition) is 1. The summed E-state index contributed by atoms with van der Waals surface area (Å²) in [5.74, 6) is -0.680. The van der Waals surface area contributed by atoms with Gasteiger partial charge in [-0.25, -0.2) is 4.98 Å². The highest BCUT2D eigenvalue weighted by molar-refractivity contribution is 6.30. The second-order valence-electron chi connectivity index (χ2n) is 7.61. The Morgan fingerprint density at radius 2 is 2.00 bits per heavy atom. The van der Waals surface area contributed by atoms with E-state index >= 15 is 0 Å². The number of aryl methyl sites for hydroxylation is 1. The highest BCUT2D eigenvalue weighted by Gasteiger charge is 2.42. The van der Waals surface area contributed by atoms with E-state index in [2.05, 4.69) is 15.3 Å². The summed E-state index contributed by atoms with van der Waals surface area (Å²) < 4.78 is 0. The van der Waals surface area contributed by atoms with Gasteiger partial charge in [0.1, 0.15) is 5.82 Å². The van der Waals surface area contributed by atoms with Crippen LogP contribution in [0.4, 0.5) is 5.82 Å². The van der Waals surface area contributed by atoms with Gasteiger partial charge < -0.3 is 5.32 Å². The quantitative estimate of drug-likeness (QED) is 0.789. The van der Waals surface area contributed by atoms with Crippen LogP contribution in [0.5, 0.6) is 0 Å². The summed E-state index contributed by atoms with van der Waals surface area (Å²) in [7, 11) is 0. The highest BCUT2D eigenvalue weighted by Crippen LogP contribution is 2.43. The van der Waals surface area contributed by atoms with Gasteiger partial charge in [-0.05, 0) is 56.0 Å². The molecule has 0 fully saturated rings. The number of amides is 1. The van der Waals surface area contributed by atoms with E-state index in [0.29, 0.717) is 28.5 Å². The molecule has 6 heteroatoms. The van der Waals surface area contributed by atoms with Gasteiger partial charge in [0.2, 0.25) is 5.91 Å². The van der Waals surface area contributed by atoms with Crippen molar-refractivity contribution in [1.82, 2.24) is 4.98 Å². The summed E-state index contributed by atoms with van der Waals surface area (Å²) in [5, 5.41) is 3.47. The van der Waals surface area contributed by atoms with Crippen LogP contribution in [0.25, 0.3) is 0 Å². The minimum Gasteiger partial charge on any atom is -0.310 e. The van der Waals surface area contributed by atoms with E-state index in [4.69, 9.17) is 11.6 Å². The lowest BCUT2D eigenvalue weighted by Gasteiger charge is -2.35. The number of halogens is 1. The van der Waals surface area contributed by atoms with Gasteiger partial charge in [-0.3, -0.25) is 14.6 Å². The van der Waals surface area contributed by atoms with Crippen LogP contribution in [0.1, 0.15) is 43.2 Å². The molecule has 1 unspecified atom stereocenters. The maximum absolute atomic E-state index is 13.3. The lowest BCUT2D eigenvalue weighted by Crippen LogP contribution is -2.39. The normalized spacial score (nSPS) is 21.5. The Hall–Kier alpha value is -2.79. The third-order valence-electron chi connectivity index (χ3n) is 5.49. The number of benzene rings is 1. The van der Waals surface area contributed by atoms with E-state index in [9.17, 15) is 9.59 Å². The number of aliphatic imine (C=N–C) groups is 1. The molecule has 1 amide bonds. The zero-order valence-electron chi connectivity index (χ0n) is 16.4. The van der Waals surface area contributed by atoms with Gasteiger partial charge >= 0.3 is 0 Å². The van der Waals surface area contributed by atoms with Crippen molar-refractivity contribution in [3.05, 3.63) is 70.0 Å². The molecule has 0 radical (unpaired) electrons. The largest absolute Gasteiger partial charge is 0.310 e. The van der Waals surface area contributed by atoms with Gasteiger partial charge in [-0.1, -0.05) is 29.8 Å². The van der Waals surface area contributed by atoms with Gasteiger partial charge in [-0.15, -0.1) is 0 Å². The monoisotopic (exact) mass is 407 g/mol. The van der Waals surface area contributed by atoms with Crippen molar-refractivity contribution in [3.63, 3.8) is 0 Å². The summed E-state index contributed by atoms with van der Waals surface area (Å²) in [6.07, 6.45) is 3.74. The molecule has 1 aromatic carbocycles. The van der Waals surface area contributed by atoms with Crippen molar-refractivity contribution in [2.75, 3.05) is 5.32 Å². The molecule has 0 saturated heterocycles. The molecule has 0 bridgehead atoms. The van der Waals surface area contributed by atoms with Crippen LogP contribution in [-0.2, 0) is 9.59 Å². The molecular formula is C23H22ClN3O2. The third-order valence-corrected chi connectivity index (χ3v) is 5.72. The number of carbonyl (C=O) groups is 2. The van der Waals surface area contributed by atoms with Crippen LogP contribution >= 0.6 is 11.6 Å². The van der Waals surface area contributed by atoms with Gasteiger partial charge in [0.15, 0.2) is 5.78 Å². The lowest BCUT2D eigenvalue weighted by molar-refractivity contribution is -0.119. The Morgan fingerprint density at radius 1 is 1.17 bits per heavy atom. The number of carbonyl (C=O) groups excluding carboxylic acids is 2. The van der Waals surface area contributed by atoms with E-state index in [1.54, 1.807) is 18.3 Å². The highest BCUT2D eigenvalue weighted by atomic mass is 35.5. The standard InChI is InChI=1S/C23H22ClN3O2/c1-13-9-10-19(25-12-13)27-23(29)20-14(2)26-17-7-4-8-18(28)22(17)21(20)15-5-3-6-16(24)11-15/h3,5-6,9-12,20-21H,4,7-8H2,1-2H3,(H,25,27,29)/t20?,21-/m0/s1. The van der Waals surface area contributed by atoms with E-state index in [0.717, 1.165) is 29.7 Å². The Balaban J connectivity index is 1.77. The molecule has 5 nitrogen and oxygen atoms in total. The smallest absolute Gasteiger partial charge is 0.235 e. The zero-order valence-corrected chi connectivity index (χ0v) is 17.2. The molecule has 2 heterocycles. The second kappa shape index (κ2) is 7.91. The molecule has 2 atom stereocenters. The number of anilines is 1. The molecule has 4 rings (SSSR count). The fraction of sp³-hybridized carbons (Fsp3) is 0.304. The molecule has 0 spiro atoms. The molecule has 0 saturated carbocycles. The first kappa shape index (κ1) is 19.5. The first-order chi connectivity index (χ1) is 13.9. The summed E-state index contributed by atoms with van der Waals surface area (Å²) in [6.45, 7) is 3.79. The summed E-state index contributed by atoms with van der Waals surface area (Å²) in [5.41, 5.74) is 4.03. The number of ketones is 1. The second-order valence-corrected chi connectivity index (χ2v) is 8.05. The molecule has 1 aromatic heterocycles. The Kier molecular flexibility index (Phi) is 5.33. The van der Waals surface area contributed by atoms with Gasteiger partial charge in [0, 0.05) is 40.5 Å². The number of hydrogen-bond acceptors (Lipinski definition) is 4. The third kappa shape index (κ3) is 3.87. The average molecular weight is 408 g/mol. The summed E-state index contributed by atoms with van der Waals surface area (Å²) in [4.78, 5) is 35.1. The van der Waals surface area contributed by atoms with Gasteiger partial charge in [0.05, 0.1) is 5.92 Å². The number of allylic oxidation sites excluding steroid dienone is 2. The number of pyridine rings is 1. The van der Waals surface area contributed by atoms with Crippen molar-refractivity contribution in [2.45, 2.75) is 39.0 Å². The first-order valence-corrected chi connectivity index (χ1v) is 10.1. The topological polar surface area (TPSA) is 71.4 Å². The van der Waals surface area contributed by atoms with Crippen molar-refractivity contribution in [3.8, 4) is 0 Å². The minimum absolute atomic E-state index is 0.0683.